The summed E-state index contributed by atoms with van der Waals surface area (Å²) in [5.74, 6) is 2.97. The lowest BCUT2D eigenvalue weighted by molar-refractivity contribution is -0.114. The summed E-state index contributed by atoms with van der Waals surface area (Å²) in [5.41, 5.74) is -0.564. The number of carbonyl (C=O) groups is 1. The molecular weight excluding hydrogens is 286 g/mol. The van der Waals surface area contributed by atoms with Crippen LogP contribution in [0.1, 0.15) is 74.7 Å². The van der Waals surface area contributed by atoms with Crippen molar-refractivity contribution < 1.29 is 9.53 Å². The first kappa shape index (κ1) is 20.1. The van der Waals surface area contributed by atoms with E-state index in [0.29, 0.717) is 5.92 Å². The van der Waals surface area contributed by atoms with Crippen LogP contribution in [0.15, 0.2) is 12.0 Å². The van der Waals surface area contributed by atoms with Crippen LogP contribution < -0.4 is 5.32 Å². The molecule has 0 aliphatic heterocycles. The van der Waals surface area contributed by atoms with Gasteiger partial charge in [0.25, 0.3) is 0 Å². The summed E-state index contributed by atoms with van der Waals surface area (Å²) < 4.78 is 6.03. The lowest BCUT2D eigenvalue weighted by Gasteiger charge is -2.45. The molecule has 4 atom stereocenters. The normalized spacial score (nSPS) is 27.1. The van der Waals surface area contributed by atoms with Crippen LogP contribution in [0.4, 0.5) is 0 Å². The fraction of sp³-hybridized carbons (Fsp3) is 0.850. The standard InChI is InChI=1S/C20H37NO2/c1-9-10-18(23-19(4,5)6)21-20(7,8)17(13-22)12-16-11-14(2)15(16)3/h10,13-17,21H,9,11-12H2,1-8H3/b18-10-. The van der Waals surface area contributed by atoms with Crippen molar-refractivity contribution in [2.24, 2.45) is 23.7 Å². The van der Waals surface area contributed by atoms with Crippen molar-refractivity contribution in [3.8, 4) is 0 Å². The Morgan fingerprint density at radius 2 is 1.87 bits per heavy atom. The molecule has 0 aromatic carbocycles. The van der Waals surface area contributed by atoms with E-state index in [1.165, 1.54) is 6.42 Å². The molecule has 1 aliphatic rings. The maximum absolute atomic E-state index is 11.7. The lowest BCUT2D eigenvalue weighted by Crippen LogP contribution is -2.49. The Morgan fingerprint density at radius 1 is 1.26 bits per heavy atom. The highest BCUT2D eigenvalue weighted by molar-refractivity contribution is 5.56. The third-order valence-electron chi connectivity index (χ3n) is 5.21. The molecule has 1 N–H and O–H groups in total. The van der Waals surface area contributed by atoms with E-state index in [1.54, 1.807) is 0 Å². The highest BCUT2D eigenvalue weighted by Gasteiger charge is 2.40. The maximum Gasteiger partial charge on any atom is 0.183 e. The number of hydrogen-bond acceptors (Lipinski definition) is 3. The van der Waals surface area contributed by atoms with Crippen molar-refractivity contribution in [1.82, 2.24) is 5.32 Å². The van der Waals surface area contributed by atoms with Crippen molar-refractivity contribution >= 4 is 6.29 Å². The van der Waals surface area contributed by atoms with Gasteiger partial charge in [0.1, 0.15) is 11.9 Å². The zero-order chi connectivity index (χ0) is 17.8. The fourth-order valence-corrected chi connectivity index (χ4v) is 3.38. The molecule has 3 nitrogen and oxygen atoms in total. The van der Waals surface area contributed by atoms with Gasteiger partial charge in [0.15, 0.2) is 5.88 Å². The highest BCUT2D eigenvalue weighted by Crippen LogP contribution is 2.44. The molecule has 1 saturated carbocycles. The Hall–Kier alpha value is -0.990. The Morgan fingerprint density at radius 3 is 2.26 bits per heavy atom. The van der Waals surface area contributed by atoms with E-state index >= 15 is 0 Å². The van der Waals surface area contributed by atoms with E-state index < -0.39 is 0 Å². The van der Waals surface area contributed by atoms with Gasteiger partial charge in [0, 0.05) is 11.5 Å². The van der Waals surface area contributed by atoms with E-state index in [2.05, 4.69) is 46.0 Å². The van der Waals surface area contributed by atoms with Gasteiger partial charge in [-0.15, -0.1) is 0 Å². The largest absolute Gasteiger partial charge is 0.474 e. The van der Waals surface area contributed by atoms with Gasteiger partial charge in [-0.05, 0) is 77.7 Å². The lowest BCUT2D eigenvalue weighted by atomic mass is 9.62. The second kappa shape index (κ2) is 7.72. The van der Waals surface area contributed by atoms with Crippen LogP contribution in [0, 0.1) is 23.7 Å². The fourth-order valence-electron chi connectivity index (χ4n) is 3.38. The molecule has 23 heavy (non-hydrogen) atoms. The molecule has 134 valence electrons. The van der Waals surface area contributed by atoms with E-state index in [4.69, 9.17) is 4.74 Å². The second-order valence-electron chi connectivity index (χ2n) is 8.85. The van der Waals surface area contributed by atoms with Crippen molar-refractivity contribution in [2.75, 3.05) is 0 Å². The van der Waals surface area contributed by atoms with Crippen molar-refractivity contribution in [2.45, 2.75) is 85.8 Å². The number of hydrogen-bond donors (Lipinski definition) is 1. The third kappa shape index (κ3) is 5.86. The summed E-state index contributed by atoms with van der Waals surface area (Å²) in [4.78, 5) is 11.7. The van der Waals surface area contributed by atoms with Crippen LogP contribution in [-0.2, 0) is 9.53 Å². The number of carbonyl (C=O) groups excluding carboxylic acids is 1. The molecule has 0 bridgehead atoms. The first-order valence-electron chi connectivity index (χ1n) is 9.12. The van der Waals surface area contributed by atoms with Gasteiger partial charge < -0.3 is 14.8 Å². The van der Waals surface area contributed by atoms with Gasteiger partial charge in [0.2, 0.25) is 0 Å². The highest BCUT2D eigenvalue weighted by atomic mass is 16.5. The number of ether oxygens (including phenoxy) is 1. The van der Waals surface area contributed by atoms with Gasteiger partial charge in [-0.3, -0.25) is 0 Å². The summed E-state index contributed by atoms with van der Waals surface area (Å²) in [7, 11) is 0. The molecule has 4 unspecified atom stereocenters. The monoisotopic (exact) mass is 323 g/mol. The minimum Gasteiger partial charge on any atom is -0.474 e. The molecule has 0 spiro atoms. The summed E-state index contributed by atoms with van der Waals surface area (Å²) in [6.45, 7) is 17.0. The topological polar surface area (TPSA) is 38.3 Å². The molecule has 0 heterocycles. The SMILES string of the molecule is CC/C=C(/NC(C)(C)C(C=O)CC1CC(C)C1C)OC(C)(C)C. The Kier molecular flexibility index (Phi) is 6.73. The molecule has 1 fully saturated rings. The molecule has 0 aromatic rings. The molecule has 3 heteroatoms. The van der Waals surface area contributed by atoms with Crippen LogP contribution in [0.2, 0.25) is 0 Å². The molecule has 1 aliphatic carbocycles. The Balaban J connectivity index is 2.76. The molecule has 0 amide bonds. The Bertz CT molecular complexity index is 420. The van der Waals surface area contributed by atoms with Crippen LogP contribution >= 0.6 is 0 Å². The van der Waals surface area contributed by atoms with E-state index in [9.17, 15) is 4.79 Å². The molecule has 0 aromatic heterocycles. The van der Waals surface area contributed by atoms with E-state index in [1.807, 2.05) is 20.8 Å². The summed E-state index contributed by atoms with van der Waals surface area (Å²) in [6, 6.07) is 0. The van der Waals surface area contributed by atoms with Crippen molar-refractivity contribution in [3.63, 3.8) is 0 Å². The van der Waals surface area contributed by atoms with Crippen LogP contribution in [0.3, 0.4) is 0 Å². The number of rotatable bonds is 8. The van der Waals surface area contributed by atoms with Gasteiger partial charge in [0.05, 0.1) is 0 Å². The van der Waals surface area contributed by atoms with Gasteiger partial charge in [-0.1, -0.05) is 20.8 Å². The second-order valence-corrected chi connectivity index (χ2v) is 8.85. The smallest absolute Gasteiger partial charge is 0.183 e. The van der Waals surface area contributed by atoms with Crippen molar-refractivity contribution in [1.29, 1.82) is 0 Å². The zero-order valence-corrected chi connectivity index (χ0v) is 16.4. The van der Waals surface area contributed by atoms with Gasteiger partial charge in [-0.2, -0.15) is 0 Å². The quantitative estimate of drug-likeness (QED) is 0.509. The number of nitrogens with one attached hydrogen (secondary N) is 1. The average Bonchev–Trinajstić information content (AvgIpc) is 2.40. The predicted molar refractivity (Wildman–Crippen MR) is 97.0 cm³/mol. The number of aldehydes is 1. The average molecular weight is 324 g/mol. The van der Waals surface area contributed by atoms with Crippen molar-refractivity contribution in [3.05, 3.63) is 12.0 Å². The summed E-state index contributed by atoms with van der Waals surface area (Å²) in [5, 5.41) is 3.49. The summed E-state index contributed by atoms with van der Waals surface area (Å²) in [6.07, 6.45) is 6.30. The van der Waals surface area contributed by atoms with Gasteiger partial charge in [-0.25, -0.2) is 0 Å². The molecule has 0 saturated heterocycles. The van der Waals surface area contributed by atoms with Gasteiger partial charge >= 0.3 is 0 Å². The molecular formula is C20H37NO2. The Labute approximate surface area is 143 Å². The third-order valence-corrected chi connectivity index (χ3v) is 5.21. The first-order valence-corrected chi connectivity index (χ1v) is 9.12. The number of allylic oxidation sites excluding steroid dienone is 1. The molecule has 1 rings (SSSR count). The minimum absolute atomic E-state index is 0.00808. The van der Waals surface area contributed by atoms with Crippen LogP contribution in [0.5, 0.6) is 0 Å². The molecule has 0 radical (unpaired) electrons. The maximum atomic E-state index is 11.7. The van der Waals surface area contributed by atoms with Crippen LogP contribution in [0.25, 0.3) is 0 Å². The van der Waals surface area contributed by atoms with E-state index in [0.717, 1.165) is 36.8 Å². The predicted octanol–water partition coefficient (Wildman–Crippen LogP) is 4.92. The first-order chi connectivity index (χ1) is 10.5. The zero-order valence-electron chi connectivity index (χ0n) is 16.4. The van der Waals surface area contributed by atoms with E-state index in [-0.39, 0.29) is 17.1 Å². The summed E-state index contributed by atoms with van der Waals surface area (Å²) >= 11 is 0. The van der Waals surface area contributed by atoms with Crippen LogP contribution in [-0.4, -0.2) is 17.4 Å². The minimum atomic E-state index is -0.313.